The quantitative estimate of drug-likeness (QED) is 0.402. The topological polar surface area (TPSA) is 9.23 Å². The Labute approximate surface area is 176 Å². The molecule has 0 heterocycles. The van der Waals surface area contributed by atoms with Crippen LogP contribution in [0.4, 0.5) is 8.78 Å². The molecular formula is C26H40F2O. The fourth-order valence-electron chi connectivity index (χ4n) is 5.92. The van der Waals surface area contributed by atoms with Crippen LogP contribution in [0.3, 0.4) is 0 Å². The Hall–Kier alpha value is -1.12. The third-order valence-electron chi connectivity index (χ3n) is 7.63. The molecule has 1 aromatic carbocycles. The highest BCUT2D eigenvalue weighted by molar-refractivity contribution is 5.31. The van der Waals surface area contributed by atoms with Gasteiger partial charge in [-0.2, -0.15) is 4.39 Å². The number of rotatable bonds is 9. The fourth-order valence-corrected chi connectivity index (χ4v) is 5.92. The molecule has 0 atom stereocenters. The van der Waals surface area contributed by atoms with E-state index in [-0.39, 0.29) is 5.75 Å². The van der Waals surface area contributed by atoms with Crippen molar-refractivity contribution in [2.45, 2.75) is 97.3 Å². The molecule has 0 aliphatic heterocycles. The third-order valence-corrected chi connectivity index (χ3v) is 7.63. The Balaban J connectivity index is 1.37. The molecule has 0 unspecified atom stereocenters. The van der Waals surface area contributed by atoms with Crippen LogP contribution in [-0.2, 0) is 6.42 Å². The Kier molecular flexibility index (Phi) is 8.81. The molecule has 1 nitrogen and oxygen atoms in total. The van der Waals surface area contributed by atoms with Gasteiger partial charge >= 0.3 is 0 Å². The largest absolute Gasteiger partial charge is 0.491 e. The molecule has 2 aliphatic rings. The molecule has 0 amide bonds. The highest BCUT2D eigenvalue weighted by Crippen LogP contribution is 2.43. The van der Waals surface area contributed by atoms with Crippen molar-refractivity contribution in [3.05, 3.63) is 29.3 Å². The number of halogens is 2. The number of ether oxygens (including phenoxy) is 1. The summed E-state index contributed by atoms with van der Waals surface area (Å²) in [5.74, 6) is 2.17. The van der Waals surface area contributed by atoms with Crippen molar-refractivity contribution < 1.29 is 13.5 Å². The van der Waals surface area contributed by atoms with Gasteiger partial charge in [0.2, 0.25) is 5.82 Å². The normalized spacial score (nSPS) is 27.7. The van der Waals surface area contributed by atoms with E-state index in [2.05, 4.69) is 6.92 Å². The van der Waals surface area contributed by atoms with E-state index in [1.807, 2.05) is 0 Å². The van der Waals surface area contributed by atoms with E-state index in [1.54, 1.807) is 19.1 Å². The van der Waals surface area contributed by atoms with Crippen LogP contribution < -0.4 is 4.74 Å². The highest BCUT2D eigenvalue weighted by atomic mass is 19.2. The van der Waals surface area contributed by atoms with Gasteiger partial charge in [-0.3, -0.25) is 0 Å². The van der Waals surface area contributed by atoms with Crippen LogP contribution >= 0.6 is 0 Å². The average Bonchev–Trinajstić information content (AvgIpc) is 2.74. The van der Waals surface area contributed by atoms with Crippen LogP contribution in [0.2, 0.25) is 0 Å². The molecule has 164 valence electrons. The van der Waals surface area contributed by atoms with E-state index in [4.69, 9.17) is 4.74 Å². The number of aryl methyl sites for hydroxylation is 1. The summed E-state index contributed by atoms with van der Waals surface area (Å²) in [5, 5.41) is 0. The van der Waals surface area contributed by atoms with E-state index >= 15 is 0 Å². The molecule has 0 spiro atoms. The molecule has 0 radical (unpaired) electrons. The average molecular weight is 407 g/mol. The van der Waals surface area contributed by atoms with Gasteiger partial charge in [0.05, 0.1) is 6.61 Å². The molecule has 2 aliphatic carbocycles. The number of benzene rings is 1. The lowest BCUT2D eigenvalue weighted by atomic mass is 9.68. The Morgan fingerprint density at radius 2 is 1.38 bits per heavy atom. The summed E-state index contributed by atoms with van der Waals surface area (Å²) in [6, 6.07) is 3.26. The molecule has 0 N–H and O–H groups in total. The predicted octanol–water partition coefficient (Wildman–Crippen LogP) is 8.10. The second-order valence-corrected chi connectivity index (χ2v) is 9.53. The molecule has 0 bridgehead atoms. The van der Waals surface area contributed by atoms with Crippen molar-refractivity contribution >= 4 is 0 Å². The standard InChI is InChI=1S/C26H40F2O/c1-3-6-19-9-13-21(14-10-19)22-15-11-20(12-16-22)7-5-8-23-17-18-24(29-4-2)26(28)25(23)27/h17-22H,3-16H2,1-2H3. The van der Waals surface area contributed by atoms with E-state index < -0.39 is 11.6 Å². The minimum absolute atomic E-state index is 0.0239. The van der Waals surface area contributed by atoms with Gasteiger partial charge in [0.25, 0.3) is 0 Å². The van der Waals surface area contributed by atoms with Gasteiger partial charge in [-0.1, -0.05) is 57.9 Å². The zero-order valence-corrected chi connectivity index (χ0v) is 18.5. The zero-order chi connectivity index (χ0) is 20.6. The first-order valence-electron chi connectivity index (χ1n) is 12.2. The predicted molar refractivity (Wildman–Crippen MR) is 116 cm³/mol. The van der Waals surface area contributed by atoms with Gasteiger partial charge in [-0.25, -0.2) is 4.39 Å². The van der Waals surface area contributed by atoms with Gasteiger partial charge in [-0.15, -0.1) is 0 Å². The van der Waals surface area contributed by atoms with Crippen LogP contribution in [0, 0.1) is 35.3 Å². The SMILES string of the molecule is CCCC1CCC(C2CCC(CCCc3ccc(OCC)c(F)c3F)CC2)CC1. The maximum absolute atomic E-state index is 14.2. The van der Waals surface area contributed by atoms with E-state index in [0.29, 0.717) is 18.6 Å². The molecule has 0 aromatic heterocycles. The molecule has 3 rings (SSSR count). The number of hydrogen-bond donors (Lipinski definition) is 0. The number of hydrogen-bond acceptors (Lipinski definition) is 1. The summed E-state index contributed by atoms with van der Waals surface area (Å²) in [6.07, 6.45) is 16.8. The Morgan fingerprint density at radius 3 is 1.93 bits per heavy atom. The van der Waals surface area contributed by atoms with Crippen molar-refractivity contribution in [2.24, 2.45) is 23.7 Å². The van der Waals surface area contributed by atoms with Crippen molar-refractivity contribution in [3.63, 3.8) is 0 Å². The molecular weight excluding hydrogens is 366 g/mol. The highest BCUT2D eigenvalue weighted by Gasteiger charge is 2.30. The molecule has 1 aromatic rings. The molecule has 2 saturated carbocycles. The lowest BCUT2D eigenvalue weighted by molar-refractivity contribution is 0.140. The first kappa shape index (κ1) is 22.6. The Bertz CT molecular complexity index is 613. The summed E-state index contributed by atoms with van der Waals surface area (Å²) in [4.78, 5) is 0. The van der Waals surface area contributed by atoms with E-state index in [9.17, 15) is 8.78 Å². The first-order valence-corrected chi connectivity index (χ1v) is 12.2. The third kappa shape index (κ3) is 6.18. The molecule has 0 saturated heterocycles. The molecule has 29 heavy (non-hydrogen) atoms. The molecule has 3 heteroatoms. The summed E-state index contributed by atoms with van der Waals surface area (Å²) in [7, 11) is 0. The van der Waals surface area contributed by atoms with Crippen LogP contribution in [0.25, 0.3) is 0 Å². The monoisotopic (exact) mass is 406 g/mol. The maximum atomic E-state index is 14.2. The van der Waals surface area contributed by atoms with Crippen LogP contribution in [-0.4, -0.2) is 6.61 Å². The van der Waals surface area contributed by atoms with Crippen LogP contribution in [0.15, 0.2) is 12.1 Å². The minimum Gasteiger partial charge on any atom is -0.491 e. The second kappa shape index (κ2) is 11.3. The first-order chi connectivity index (χ1) is 14.1. The van der Waals surface area contributed by atoms with Crippen molar-refractivity contribution in [2.75, 3.05) is 6.61 Å². The van der Waals surface area contributed by atoms with Gasteiger partial charge in [0.1, 0.15) is 0 Å². The maximum Gasteiger partial charge on any atom is 0.200 e. The van der Waals surface area contributed by atoms with Crippen molar-refractivity contribution in [1.29, 1.82) is 0 Å². The van der Waals surface area contributed by atoms with Gasteiger partial charge < -0.3 is 4.74 Å². The van der Waals surface area contributed by atoms with Gasteiger partial charge in [0, 0.05) is 0 Å². The van der Waals surface area contributed by atoms with Gasteiger partial charge in [-0.05, 0) is 80.8 Å². The van der Waals surface area contributed by atoms with E-state index in [1.165, 1.54) is 64.2 Å². The van der Waals surface area contributed by atoms with Crippen LogP contribution in [0.5, 0.6) is 5.75 Å². The Morgan fingerprint density at radius 1 is 0.793 bits per heavy atom. The van der Waals surface area contributed by atoms with Crippen molar-refractivity contribution in [1.82, 2.24) is 0 Å². The second-order valence-electron chi connectivity index (χ2n) is 9.53. The summed E-state index contributed by atoms with van der Waals surface area (Å²) < 4.78 is 33.4. The summed E-state index contributed by atoms with van der Waals surface area (Å²) >= 11 is 0. The fraction of sp³-hybridized carbons (Fsp3) is 0.769. The zero-order valence-electron chi connectivity index (χ0n) is 18.5. The smallest absolute Gasteiger partial charge is 0.200 e. The van der Waals surface area contributed by atoms with E-state index in [0.717, 1.165) is 36.5 Å². The lowest BCUT2D eigenvalue weighted by Crippen LogP contribution is -2.25. The minimum atomic E-state index is -0.835. The van der Waals surface area contributed by atoms with Crippen LogP contribution in [0.1, 0.15) is 96.5 Å². The summed E-state index contributed by atoms with van der Waals surface area (Å²) in [6.45, 7) is 4.43. The van der Waals surface area contributed by atoms with Crippen molar-refractivity contribution in [3.8, 4) is 5.75 Å². The molecule has 2 fully saturated rings. The summed E-state index contributed by atoms with van der Waals surface area (Å²) in [5.41, 5.74) is 0.489. The lowest BCUT2D eigenvalue weighted by Gasteiger charge is -2.38. The van der Waals surface area contributed by atoms with Gasteiger partial charge in [0.15, 0.2) is 11.6 Å².